The number of para-hydroxylation sites is 4. The highest BCUT2D eigenvalue weighted by Gasteiger charge is 2.19. The lowest BCUT2D eigenvalue weighted by molar-refractivity contribution is 0.415. The number of hydrogen-bond donors (Lipinski definition) is 0. The Morgan fingerprint density at radius 3 is 1.68 bits per heavy atom. The van der Waals surface area contributed by atoms with Gasteiger partial charge in [-0.2, -0.15) is 0 Å². The first-order valence-corrected chi connectivity index (χ1v) is 15.9. The van der Waals surface area contributed by atoms with Crippen LogP contribution in [0.25, 0.3) is 88.1 Å². The van der Waals surface area contributed by atoms with Gasteiger partial charge in [-0.15, -0.1) is 0 Å². The normalized spacial score (nSPS) is 11.9. The van der Waals surface area contributed by atoms with Crippen molar-refractivity contribution in [1.29, 1.82) is 0 Å². The van der Waals surface area contributed by atoms with Crippen LogP contribution < -0.4 is 4.74 Å². The van der Waals surface area contributed by atoms with Crippen LogP contribution in [0.4, 0.5) is 0 Å². The highest BCUT2D eigenvalue weighted by atomic mass is 16.5. The van der Waals surface area contributed by atoms with Gasteiger partial charge in [-0.05, 0) is 83.9 Å². The maximum Gasteiger partial charge on any atom is 0.159 e. The maximum absolute atomic E-state index is 6.49. The van der Waals surface area contributed by atoms with E-state index < -0.39 is 0 Å². The number of furan rings is 1. The predicted molar refractivity (Wildman–Crippen MR) is 194 cm³/mol. The second kappa shape index (κ2) is 9.87. The first-order chi connectivity index (χ1) is 23.3. The number of benzene rings is 7. The zero-order valence-electron chi connectivity index (χ0n) is 25.6. The molecule has 3 aromatic heterocycles. The lowest BCUT2D eigenvalue weighted by atomic mass is 10.0. The Bertz CT molecular complexity index is 2830. The van der Waals surface area contributed by atoms with Crippen LogP contribution >= 0.6 is 0 Å². The molecule has 0 aliphatic carbocycles. The van der Waals surface area contributed by atoms with Crippen LogP contribution in [-0.4, -0.2) is 16.2 Å². The number of nitrogens with zero attached hydrogens (tertiary/aromatic N) is 2. The van der Waals surface area contributed by atoms with Crippen LogP contribution in [0.2, 0.25) is 0 Å². The first-order valence-electron chi connectivity index (χ1n) is 15.9. The maximum atomic E-state index is 6.49. The SMILES string of the molecule is COc1ccc(-n2c3ccccc3c3cc(-c4ccc5c(c4)c4ccccc4n5-c4cccc5c4oc4ccccc45)ccc32)cc1. The van der Waals surface area contributed by atoms with Crippen molar-refractivity contribution in [2.24, 2.45) is 0 Å². The Morgan fingerprint density at radius 1 is 0.447 bits per heavy atom. The van der Waals surface area contributed by atoms with Crippen molar-refractivity contribution in [3.05, 3.63) is 152 Å². The molecule has 0 spiro atoms. The molecule has 0 amide bonds. The highest BCUT2D eigenvalue weighted by Crippen LogP contribution is 2.40. The summed E-state index contributed by atoms with van der Waals surface area (Å²) in [6.07, 6.45) is 0. The van der Waals surface area contributed by atoms with E-state index in [9.17, 15) is 0 Å². The predicted octanol–water partition coefficient (Wildman–Crippen LogP) is 11.5. The third-order valence-electron chi connectivity index (χ3n) is 9.63. The fraction of sp³-hybridized carbons (Fsp3) is 0.0233. The number of methoxy groups -OCH3 is 1. The summed E-state index contributed by atoms with van der Waals surface area (Å²) in [5.74, 6) is 0.850. The quantitative estimate of drug-likeness (QED) is 0.200. The van der Waals surface area contributed by atoms with Gasteiger partial charge in [-0.25, -0.2) is 0 Å². The van der Waals surface area contributed by atoms with Crippen LogP contribution in [0.5, 0.6) is 5.75 Å². The van der Waals surface area contributed by atoms with E-state index in [1.165, 1.54) is 43.7 Å². The summed E-state index contributed by atoms with van der Waals surface area (Å²) in [7, 11) is 1.70. The largest absolute Gasteiger partial charge is 0.497 e. The van der Waals surface area contributed by atoms with E-state index in [0.29, 0.717) is 0 Å². The summed E-state index contributed by atoms with van der Waals surface area (Å²) < 4.78 is 16.6. The molecule has 0 atom stereocenters. The highest BCUT2D eigenvalue weighted by molar-refractivity contribution is 6.14. The zero-order valence-corrected chi connectivity index (χ0v) is 25.6. The molecule has 0 N–H and O–H groups in total. The summed E-state index contributed by atoms with van der Waals surface area (Å²) in [5.41, 5.74) is 11.0. The number of ether oxygens (including phenoxy) is 1. The van der Waals surface area contributed by atoms with Gasteiger partial charge < -0.3 is 18.3 Å². The fourth-order valence-corrected chi connectivity index (χ4v) is 7.48. The topological polar surface area (TPSA) is 32.2 Å². The van der Waals surface area contributed by atoms with E-state index in [4.69, 9.17) is 9.15 Å². The Kier molecular flexibility index (Phi) is 5.46. The van der Waals surface area contributed by atoms with Crippen molar-refractivity contribution in [1.82, 2.24) is 9.13 Å². The van der Waals surface area contributed by atoms with Crippen LogP contribution in [0.15, 0.2) is 156 Å². The lowest BCUT2D eigenvalue weighted by Crippen LogP contribution is -1.94. The standard InChI is InChI=1S/C43H28N2O2/c1-46-30-21-19-29(20-22-30)44-37-13-5-2-9-31(37)35-25-27(17-23-39(35)44)28-18-24-40-36(26-28)32-10-3-6-14-38(32)45(40)41-15-8-12-34-33-11-4-7-16-42(33)47-43(34)41/h2-26H,1H3. The average Bonchev–Trinajstić information content (AvgIpc) is 3.79. The van der Waals surface area contributed by atoms with E-state index >= 15 is 0 Å². The average molecular weight is 605 g/mol. The van der Waals surface area contributed by atoms with E-state index in [0.717, 1.165) is 50.1 Å². The number of rotatable bonds is 4. The van der Waals surface area contributed by atoms with Gasteiger partial charge >= 0.3 is 0 Å². The van der Waals surface area contributed by atoms with Gasteiger partial charge in [0.25, 0.3) is 0 Å². The van der Waals surface area contributed by atoms with Gasteiger partial charge in [0, 0.05) is 38.0 Å². The molecular formula is C43H28N2O2. The molecule has 47 heavy (non-hydrogen) atoms. The van der Waals surface area contributed by atoms with Gasteiger partial charge in [-0.1, -0.05) is 78.9 Å². The summed E-state index contributed by atoms with van der Waals surface area (Å²) in [6, 6.07) is 54.0. The van der Waals surface area contributed by atoms with Crippen LogP contribution in [0.3, 0.4) is 0 Å². The summed E-state index contributed by atoms with van der Waals surface area (Å²) in [6.45, 7) is 0. The number of hydrogen-bond acceptors (Lipinski definition) is 2. The first kappa shape index (κ1) is 26.0. The molecule has 0 fully saturated rings. The number of aromatic nitrogens is 2. The Balaban J connectivity index is 1.18. The molecule has 7 aromatic carbocycles. The van der Waals surface area contributed by atoms with Gasteiger partial charge in [0.2, 0.25) is 0 Å². The molecule has 0 bridgehead atoms. The summed E-state index contributed by atoms with van der Waals surface area (Å²) >= 11 is 0. The van der Waals surface area contributed by atoms with E-state index in [-0.39, 0.29) is 0 Å². The van der Waals surface area contributed by atoms with Crippen molar-refractivity contribution < 1.29 is 9.15 Å². The van der Waals surface area contributed by atoms with Crippen molar-refractivity contribution in [2.45, 2.75) is 0 Å². The van der Waals surface area contributed by atoms with Crippen molar-refractivity contribution >= 4 is 65.6 Å². The molecule has 0 aliphatic heterocycles. The molecular weight excluding hydrogens is 576 g/mol. The summed E-state index contributed by atoms with van der Waals surface area (Å²) in [4.78, 5) is 0. The molecule has 222 valence electrons. The monoisotopic (exact) mass is 604 g/mol. The van der Waals surface area contributed by atoms with E-state index in [2.05, 4.69) is 137 Å². The molecule has 0 saturated carbocycles. The van der Waals surface area contributed by atoms with Gasteiger partial charge in [-0.3, -0.25) is 0 Å². The second-order valence-corrected chi connectivity index (χ2v) is 12.1. The van der Waals surface area contributed by atoms with Crippen LogP contribution in [0, 0.1) is 0 Å². The van der Waals surface area contributed by atoms with Crippen molar-refractivity contribution in [2.75, 3.05) is 7.11 Å². The Labute approximate surface area is 270 Å². The summed E-state index contributed by atoms with van der Waals surface area (Å²) in [5, 5.41) is 7.16. The molecule has 4 heteroatoms. The fourth-order valence-electron chi connectivity index (χ4n) is 7.48. The minimum Gasteiger partial charge on any atom is -0.497 e. The minimum atomic E-state index is 0.850. The second-order valence-electron chi connectivity index (χ2n) is 12.1. The van der Waals surface area contributed by atoms with Crippen LogP contribution in [0.1, 0.15) is 0 Å². The molecule has 10 aromatic rings. The molecule has 0 aliphatic rings. The van der Waals surface area contributed by atoms with Crippen molar-refractivity contribution in [3.63, 3.8) is 0 Å². The third kappa shape index (κ3) is 3.76. The molecule has 10 rings (SSSR count). The molecule has 0 radical (unpaired) electrons. The van der Waals surface area contributed by atoms with Crippen molar-refractivity contribution in [3.8, 4) is 28.3 Å². The molecule has 0 saturated heterocycles. The van der Waals surface area contributed by atoms with Crippen LogP contribution in [-0.2, 0) is 0 Å². The van der Waals surface area contributed by atoms with E-state index in [1.54, 1.807) is 7.11 Å². The Morgan fingerprint density at radius 2 is 1.00 bits per heavy atom. The minimum absolute atomic E-state index is 0.850. The zero-order chi connectivity index (χ0) is 31.1. The molecule has 3 heterocycles. The Hall–Kier alpha value is -6.26. The number of fused-ring (bicyclic) bond motifs is 9. The molecule has 0 unspecified atom stereocenters. The molecule has 4 nitrogen and oxygen atoms in total. The van der Waals surface area contributed by atoms with Gasteiger partial charge in [0.05, 0.1) is 34.9 Å². The third-order valence-corrected chi connectivity index (χ3v) is 9.63. The van der Waals surface area contributed by atoms with Gasteiger partial charge in [0.15, 0.2) is 5.58 Å². The smallest absolute Gasteiger partial charge is 0.159 e. The lowest BCUT2D eigenvalue weighted by Gasteiger charge is -2.10. The van der Waals surface area contributed by atoms with Gasteiger partial charge in [0.1, 0.15) is 11.3 Å². The van der Waals surface area contributed by atoms with E-state index in [1.807, 2.05) is 24.3 Å².